The lowest BCUT2D eigenvalue weighted by atomic mass is 10.2. The Morgan fingerprint density at radius 3 is 2.63 bits per heavy atom. The molecule has 0 heterocycles. The number of hydrogen-bond donors (Lipinski definition) is 1. The fourth-order valence-corrected chi connectivity index (χ4v) is 1.56. The van der Waals surface area contributed by atoms with E-state index in [1.807, 2.05) is 6.07 Å². The molecule has 0 aromatic heterocycles. The Bertz CT molecular complexity index is 677. The highest BCUT2D eigenvalue weighted by Gasteiger charge is 2.12. The van der Waals surface area contributed by atoms with Gasteiger partial charge in [0, 0.05) is 0 Å². The average Bonchev–Trinajstić information content (AvgIpc) is 2.41. The average molecular weight is 256 g/mol. The molecule has 94 valence electrons. The summed E-state index contributed by atoms with van der Waals surface area (Å²) in [6.07, 6.45) is 0. The smallest absolute Gasteiger partial charge is 0.252 e. The van der Waals surface area contributed by atoms with Gasteiger partial charge in [0.15, 0.2) is 0 Å². The zero-order valence-corrected chi connectivity index (χ0v) is 9.76. The summed E-state index contributed by atoms with van der Waals surface area (Å²) in [5.74, 6) is -0.793. The maximum absolute atomic E-state index is 13.0. The number of carbonyl (C=O) groups is 1. The largest absolute Gasteiger partial charge is 0.455 e. The first-order chi connectivity index (χ1) is 9.11. The molecule has 0 spiro atoms. The van der Waals surface area contributed by atoms with Crippen LogP contribution in [0.5, 0.6) is 11.5 Å². The van der Waals surface area contributed by atoms with E-state index in [1.54, 1.807) is 18.2 Å². The molecule has 0 aliphatic carbocycles. The third-order valence-corrected chi connectivity index (χ3v) is 2.43. The van der Waals surface area contributed by atoms with Crippen LogP contribution in [0.1, 0.15) is 15.9 Å². The van der Waals surface area contributed by atoms with Crippen molar-refractivity contribution in [2.45, 2.75) is 0 Å². The highest BCUT2D eigenvalue weighted by molar-refractivity contribution is 5.95. The Hall–Kier alpha value is -2.87. The van der Waals surface area contributed by atoms with Gasteiger partial charge in [0.25, 0.3) is 5.91 Å². The van der Waals surface area contributed by atoms with Gasteiger partial charge in [-0.3, -0.25) is 4.79 Å². The molecule has 0 bridgehead atoms. The second-order valence-corrected chi connectivity index (χ2v) is 3.71. The van der Waals surface area contributed by atoms with Gasteiger partial charge in [0.2, 0.25) is 0 Å². The first-order valence-corrected chi connectivity index (χ1v) is 5.38. The van der Waals surface area contributed by atoms with Gasteiger partial charge in [-0.2, -0.15) is 5.26 Å². The number of carbonyl (C=O) groups excluding carboxylic acids is 1. The molecular formula is C14H9FN2O2. The molecule has 19 heavy (non-hydrogen) atoms. The van der Waals surface area contributed by atoms with Crippen molar-refractivity contribution < 1.29 is 13.9 Å². The molecule has 0 aliphatic heterocycles. The molecule has 0 aliphatic rings. The zero-order valence-electron chi connectivity index (χ0n) is 9.76. The number of halogens is 1. The van der Waals surface area contributed by atoms with Crippen LogP contribution in [-0.2, 0) is 0 Å². The van der Waals surface area contributed by atoms with Crippen LogP contribution >= 0.6 is 0 Å². The number of rotatable bonds is 3. The zero-order chi connectivity index (χ0) is 13.8. The molecule has 2 rings (SSSR count). The summed E-state index contributed by atoms with van der Waals surface area (Å²) in [6, 6.07) is 11.7. The lowest BCUT2D eigenvalue weighted by Gasteiger charge is -2.10. The van der Waals surface area contributed by atoms with Crippen LogP contribution in [0.2, 0.25) is 0 Å². The minimum Gasteiger partial charge on any atom is -0.455 e. The summed E-state index contributed by atoms with van der Waals surface area (Å²) in [5.41, 5.74) is 5.45. The standard InChI is InChI=1S/C14H9FN2O2/c15-10-5-6-12(9(7-10)8-16)19-13-4-2-1-3-11(13)14(17)18/h1-7H,(H2,17,18). The molecular weight excluding hydrogens is 247 g/mol. The van der Waals surface area contributed by atoms with Gasteiger partial charge in [-0.25, -0.2) is 4.39 Å². The summed E-state index contributed by atoms with van der Waals surface area (Å²) >= 11 is 0. The Labute approximate surface area is 108 Å². The number of nitrogens with two attached hydrogens (primary N) is 1. The number of benzene rings is 2. The van der Waals surface area contributed by atoms with Crippen molar-refractivity contribution in [2.75, 3.05) is 0 Å². The van der Waals surface area contributed by atoms with Crippen molar-refractivity contribution >= 4 is 5.91 Å². The van der Waals surface area contributed by atoms with E-state index in [4.69, 9.17) is 15.7 Å². The normalized spacial score (nSPS) is 9.68. The SMILES string of the molecule is N#Cc1cc(F)ccc1Oc1ccccc1C(N)=O. The van der Waals surface area contributed by atoms with E-state index in [-0.39, 0.29) is 22.6 Å². The third kappa shape index (κ3) is 2.69. The second kappa shape index (κ2) is 5.19. The van der Waals surface area contributed by atoms with E-state index < -0.39 is 11.7 Å². The Morgan fingerprint density at radius 2 is 1.95 bits per heavy atom. The van der Waals surface area contributed by atoms with Crippen LogP contribution in [-0.4, -0.2) is 5.91 Å². The molecule has 0 fully saturated rings. The molecule has 5 heteroatoms. The van der Waals surface area contributed by atoms with Gasteiger partial charge in [0.1, 0.15) is 23.4 Å². The van der Waals surface area contributed by atoms with Crippen molar-refractivity contribution in [3.63, 3.8) is 0 Å². The van der Waals surface area contributed by atoms with Crippen LogP contribution < -0.4 is 10.5 Å². The fraction of sp³-hybridized carbons (Fsp3) is 0. The van der Waals surface area contributed by atoms with Crippen molar-refractivity contribution in [1.82, 2.24) is 0 Å². The van der Waals surface area contributed by atoms with E-state index in [0.29, 0.717) is 0 Å². The monoisotopic (exact) mass is 256 g/mol. The van der Waals surface area contributed by atoms with Crippen molar-refractivity contribution in [3.05, 3.63) is 59.4 Å². The molecule has 2 aromatic rings. The van der Waals surface area contributed by atoms with E-state index >= 15 is 0 Å². The van der Waals surface area contributed by atoms with Crippen LogP contribution in [0.15, 0.2) is 42.5 Å². The van der Waals surface area contributed by atoms with Crippen LogP contribution in [0.4, 0.5) is 4.39 Å². The third-order valence-electron chi connectivity index (χ3n) is 2.43. The van der Waals surface area contributed by atoms with Crippen LogP contribution in [0.3, 0.4) is 0 Å². The predicted octanol–water partition coefficient (Wildman–Crippen LogP) is 2.59. The summed E-state index contributed by atoms with van der Waals surface area (Å²) < 4.78 is 18.5. The first-order valence-electron chi connectivity index (χ1n) is 5.38. The first kappa shape index (κ1) is 12.6. The molecule has 0 saturated heterocycles. The van der Waals surface area contributed by atoms with Gasteiger partial charge < -0.3 is 10.5 Å². The molecule has 0 radical (unpaired) electrons. The highest BCUT2D eigenvalue weighted by Crippen LogP contribution is 2.28. The molecule has 0 unspecified atom stereocenters. The predicted molar refractivity (Wildman–Crippen MR) is 66.1 cm³/mol. The summed E-state index contributed by atoms with van der Waals surface area (Å²) in [7, 11) is 0. The molecule has 2 aromatic carbocycles. The number of nitrogens with zero attached hydrogens (tertiary/aromatic N) is 1. The van der Waals surface area contributed by atoms with E-state index in [1.165, 1.54) is 18.2 Å². The number of amides is 1. The lowest BCUT2D eigenvalue weighted by Crippen LogP contribution is -2.12. The summed E-state index contributed by atoms with van der Waals surface area (Å²) in [6.45, 7) is 0. The fourth-order valence-electron chi connectivity index (χ4n) is 1.56. The van der Waals surface area contributed by atoms with Crippen molar-refractivity contribution in [1.29, 1.82) is 5.26 Å². The second-order valence-electron chi connectivity index (χ2n) is 3.71. The maximum atomic E-state index is 13.0. The van der Waals surface area contributed by atoms with Gasteiger partial charge in [-0.1, -0.05) is 12.1 Å². The van der Waals surface area contributed by atoms with E-state index in [9.17, 15) is 9.18 Å². The van der Waals surface area contributed by atoms with Gasteiger partial charge >= 0.3 is 0 Å². The van der Waals surface area contributed by atoms with Gasteiger partial charge in [-0.05, 0) is 30.3 Å². The molecule has 0 atom stereocenters. The van der Waals surface area contributed by atoms with E-state index in [0.717, 1.165) is 6.07 Å². The lowest BCUT2D eigenvalue weighted by molar-refractivity contribution is 0.0998. The number of para-hydroxylation sites is 1. The minimum absolute atomic E-state index is 0.0410. The summed E-state index contributed by atoms with van der Waals surface area (Å²) in [5, 5.41) is 8.91. The summed E-state index contributed by atoms with van der Waals surface area (Å²) in [4.78, 5) is 11.2. The number of hydrogen-bond acceptors (Lipinski definition) is 3. The molecule has 2 N–H and O–H groups in total. The minimum atomic E-state index is -0.642. The van der Waals surface area contributed by atoms with Crippen molar-refractivity contribution in [2.24, 2.45) is 5.73 Å². The molecule has 0 saturated carbocycles. The highest BCUT2D eigenvalue weighted by atomic mass is 19.1. The Kier molecular flexibility index (Phi) is 3.44. The van der Waals surface area contributed by atoms with Crippen LogP contribution in [0, 0.1) is 17.1 Å². The number of nitriles is 1. The van der Waals surface area contributed by atoms with Gasteiger partial charge in [0.05, 0.1) is 11.1 Å². The number of primary amides is 1. The number of ether oxygens (including phenoxy) is 1. The van der Waals surface area contributed by atoms with Gasteiger partial charge in [-0.15, -0.1) is 0 Å². The van der Waals surface area contributed by atoms with Crippen LogP contribution in [0.25, 0.3) is 0 Å². The van der Waals surface area contributed by atoms with Crippen molar-refractivity contribution in [3.8, 4) is 17.6 Å². The van der Waals surface area contributed by atoms with E-state index in [2.05, 4.69) is 0 Å². The topological polar surface area (TPSA) is 76.1 Å². The molecule has 4 nitrogen and oxygen atoms in total. The molecule has 1 amide bonds. The Morgan fingerprint density at radius 1 is 1.21 bits per heavy atom. The maximum Gasteiger partial charge on any atom is 0.252 e. The Balaban J connectivity index is 2.43. The quantitative estimate of drug-likeness (QED) is 0.916.